The molecule has 6 heteroatoms. The van der Waals surface area contributed by atoms with Gasteiger partial charge in [0.1, 0.15) is 11.3 Å². The van der Waals surface area contributed by atoms with Gasteiger partial charge in [-0.2, -0.15) is 0 Å². The van der Waals surface area contributed by atoms with Gasteiger partial charge in [-0.25, -0.2) is 0 Å². The van der Waals surface area contributed by atoms with E-state index in [0.717, 1.165) is 9.47 Å². The quantitative estimate of drug-likeness (QED) is 0.775. The molecule has 0 bridgehead atoms. The van der Waals surface area contributed by atoms with Crippen LogP contribution in [0.2, 0.25) is 5.02 Å². The summed E-state index contributed by atoms with van der Waals surface area (Å²) in [7, 11) is 1.41. The first-order valence-electron chi connectivity index (χ1n) is 9.93. The molecular weight excluding hydrogens is 340 g/mol. The highest BCUT2D eigenvalue weighted by Gasteiger charge is 2.26. The Morgan fingerprint density at radius 2 is 2.00 bits per heavy atom. The van der Waals surface area contributed by atoms with Crippen molar-refractivity contribution in [2.75, 3.05) is 11.4 Å². The summed E-state index contributed by atoms with van der Waals surface area (Å²) in [5, 5.41) is 11.0. The molecule has 3 aromatic rings. The Hall–Kier alpha value is -2.79. The molecule has 0 aliphatic carbocycles. The second-order valence-corrected chi connectivity index (χ2v) is 5.65. The van der Waals surface area contributed by atoms with Gasteiger partial charge < -0.3 is 14.6 Å². The van der Waals surface area contributed by atoms with Crippen LogP contribution in [0, 0.1) is 0 Å². The number of carbonyl (C=O) groups excluding carboxylic acids is 1. The molecule has 2 aromatic carbocycles. The molecule has 0 radical (unpaired) electrons. The van der Waals surface area contributed by atoms with Gasteiger partial charge in [-0.15, -0.1) is 0 Å². The summed E-state index contributed by atoms with van der Waals surface area (Å²) >= 11 is 6.17. The molecule has 0 aliphatic heterocycles. The zero-order valence-electron chi connectivity index (χ0n) is 18.5. The number of halogens is 1. The molecule has 0 fully saturated rings. The lowest BCUT2D eigenvalue weighted by Crippen LogP contribution is -2.36. The fourth-order valence-corrected chi connectivity index (χ4v) is 2.90. The van der Waals surface area contributed by atoms with E-state index in [1.54, 1.807) is 12.1 Å². The van der Waals surface area contributed by atoms with E-state index >= 15 is 0 Å². The van der Waals surface area contributed by atoms with Gasteiger partial charge in [0.25, 0.3) is 11.5 Å². The second-order valence-electron chi connectivity index (χ2n) is 5.24. The fraction of sp³-hybridized carbons (Fsp3) is 0.158. The molecule has 0 atom stereocenters. The highest BCUT2D eigenvalue weighted by Crippen LogP contribution is 2.33. The maximum Gasteiger partial charge on any atom is 0.267 e. The molecule has 5 nitrogen and oxygen atoms in total. The molecule has 0 aliphatic rings. The standard InChI is InChI=1S/C19H17ClN2O3/c1-3-22(12-8-5-4-6-9-12)19(25)16-17(23)15-13(20)10-7-11-14(15)21(2)18(16)24/h4-11,23H,3H2,1-2H3/i4D,5D,6D,8D,9D. The van der Waals surface area contributed by atoms with Gasteiger partial charge >= 0.3 is 0 Å². The van der Waals surface area contributed by atoms with Gasteiger partial charge in [0.2, 0.25) is 0 Å². The predicted molar refractivity (Wildman–Crippen MR) is 99.7 cm³/mol. The van der Waals surface area contributed by atoms with Crippen LogP contribution in [0.3, 0.4) is 0 Å². The molecule has 1 N–H and O–H groups in total. The third-order valence-electron chi connectivity index (χ3n) is 3.88. The Kier molecular flexibility index (Phi) is 3.09. The van der Waals surface area contributed by atoms with Crippen LogP contribution >= 0.6 is 11.6 Å². The van der Waals surface area contributed by atoms with Gasteiger partial charge in [-0.05, 0) is 31.1 Å². The number of hydrogen-bond donors (Lipinski definition) is 1. The number of aromatic nitrogens is 1. The number of benzene rings is 2. The molecule has 128 valence electrons. The summed E-state index contributed by atoms with van der Waals surface area (Å²) in [6.45, 7) is 1.41. The highest BCUT2D eigenvalue weighted by atomic mass is 35.5. The summed E-state index contributed by atoms with van der Waals surface area (Å²) in [5.74, 6) is -1.63. The number of nitrogens with zero attached hydrogens (tertiary/aromatic N) is 2. The van der Waals surface area contributed by atoms with Gasteiger partial charge in [0.15, 0.2) is 0 Å². The highest BCUT2D eigenvalue weighted by molar-refractivity contribution is 6.36. The zero-order chi connectivity index (χ0) is 22.5. The van der Waals surface area contributed by atoms with Crippen LogP contribution in [0.4, 0.5) is 5.69 Å². The van der Waals surface area contributed by atoms with Crippen molar-refractivity contribution >= 4 is 34.1 Å². The Morgan fingerprint density at radius 3 is 2.64 bits per heavy atom. The molecule has 25 heavy (non-hydrogen) atoms. The summed E-state index contributed by atoms with van der Waals surface area (Å²) < 4.78 is 40.7. The number of aryl methyl sites for hydroxylation is 1. The number of anilines is 1. The van der Waals surface area contributed by atoms with Crippen molar-refractivity contribution in [3.05, 3.63) is 69.4 Å². The minimum atomic E-state index is -1.00. The topological polar surface area (TPSA) is 62.5 Å². The lowest BCUT2D eigenvalue weighted by atomic mass is 10.1. The SMILES string of the molecule is [2H]c1c([2H])c([2H])c(N(CC)C(=O)c2c(O)c3c(Cl)cccc3n(C)c2=O)c([2H])c1[2H]. The monoisotopic (exact) mass is 361 g/mol. The summed E-state index contributed by atoms with van der Waals surface area (Å²) in [4.78, 5) is 27.1. The van der Waals surface area contributed by atoms with E-state index in [2.05, 4.69) is 0 Å². The molecule has 1 amide bonds. The number of para-hydroxylation sites is 1. The van der Waals surface area contributed by atoms with Gasteiger partial charge in [-0.3, -0.25) is 9.59 Å². The van der Waals surface area contributed by atoms with E-state index in [4.69, 9.17) is 18.5 Å². The zero-order valence-corrected chi connectivity index (χ0v) is 14.2. The lowest BCUT2D eigenvalue weighted by Gasteiger charge is -2.22. The first kappa shape index (κ1) is 11.7. The van der Waals surface area contributed by atoms with Crippen molar-refractivity contribution in [3.8, 4) is 5.75 Å². The third kappa shape index (κ3) is 2.76. The number of hydrogen-bond acceptors (Lipinski definition) is 3. The van der Waals surface area contributed by atoms with Crippen molar-refractivity contribution in [3.63, 3.8) is 0 Å². The van der Waals surface area contributed by atoms with E-state index in [9.17, 15) is 14.7 Å². The summed E-state index contributed by atoms with van der Waals surface area (Å²) in [6.07, 6.45) is 0. The first-order chi connectivity index (χ1) is 14.0. The molecule has 0 saturated heterocycles. The minimum Gasteiger partial charge on any atom is -0.506 e. The molecule has 0 saturated carbocycles. The fourth-order valence-electron chi connectivity index (χ4n) is 2.64. The van der Waals surface area contributed by atoms with Gasteiger partial charge in [0, 0.05) is 19.3 Å². The Balaban J connectivity index is 2.34. The van der Waals surface area contributed by atoms with Crippen LogP contribution in [0.15, 0.2) is 53.2 Å². The first-order valence-corrected chi connectivity index (χ1v) is 7.81. The molecule has 1 aromatic heterocycles. The molecule has 1 heterocycles. The Morgan fingerprint density at radius 1 is 1.32 bits per heavy atom. The second kappa shape index (κ2) is 6.61. The number of carbonyl (C=O) groups is 1. The van der Waals surface area contributed by atoms with Crippen LogP contribution < -0.4 is 10.5 Å². The van der Waals surface area contributed by atoms with Crippen LogP contribution in [0.1, 0.15) is 24.1 Å². The van der Waals surface area contributed by atoms with Crippen molar-refractivity contribution < 1.29 is 16.8 Å². The Bertz CT molecular complexity index is 1250. The molecular formula is C19H17ClN2O3. The number of fused-ring (bicyclic) bond motifs is 1. The van der Waals surface area contributed by atoms with Crippen LogP contribution in [0.25, 0.3) is 10.9 Å². The van der Waals surface area contributed by atoms with E-state index in [-0.39, 0.29) is 22.6 Å². The smallest absolute Gasteiger partial charge is 0.267 e. The number of pyridine rings is 1. The van der Waals surface area contributed by atoms with E-state index in [0.29, 0.717) is 5.52 Å². The largest absolute Gasteiger partial charge is 0.506 e. The normalized spacial score (nSPS) is 13.6. The Labute approximate surface area is 156 Å². The lowest BCUT2D eigenvalue weighted by molar-refractivity contribution is 0.0984. The summed E-state index contributed by atoms with van der Waals surface area (Å²) in [5.41, 5.74) is -1.48. The van der Waals surface area contributed by atoms with Crippen LogP contribution in [-0.4, -0.2) is 22.1 Å². The third-order valence-corrected chi connectivity index (χ3v) is 4.19. The maximum absolute atomic E-state index is 13.3. The van der Waals surface area contributed by atoms with Crippen molar-refractivity contribution in [1.29, 1.82) is 0 Å². The van der Waals surface area contributed by atoms with Crippen LogP contribution in [0.5, 0.6) is 5.75 Å². The van der Waals surface area contributed by atoms with E-state index < -0.39 is 53.0 Å². The molecule has 3 rings (SSSR count). The molecule has 0 unspecified atom stereocenters. The average Bonchev–Trinajstić information content (AvgIpc) is 2.72. The minimum absolute atomic E-state index is 0.0988. The van der Waals surface area contributed by atoms with Crippen molar-refractivity contribution in [2.24, 2.45) is 7.05 Å². The molecule has 0 spiro atoms. The van der Waals surface area contributed by atoms with E-state index in [1.807, 2.05) is 0 Å². The summed E-state index contributed by atoms with van der Waals surface area (Å²) in [6, 6.07) is 1.63. The average molecular weight is 362 g/mol. The van der Waals surface area contributed by atoms with Crippen molar-refractivity contribution in [2.45, 2.75) is 6.92 Å². The number of rotatable bonds is 3. The van der Waals surface area contributed by atoms with E-state index in [1.165, 1.54) is 20.0 Å². The predicted octanol–water partition coefficient (Wildman–Crippen LogP) is 3.56. The maximum atomic E-state index is 13.3. The van der Waals surface area contributed by atoms with Gasteiger partial charge in [-0.1, -0.05) is 35.8 Å². The van der Waals surface area contributed by atoms with Crippen LogP contribution in [-0.2, 0) is 7.05 Å². The van der Waals surface area contributed by atoms with Gasteiger partial charge in [0.05, 0.1) is 22.8 Å². The number of amides is 1. The van der Waals surface area contributed by atoms with Crippen molar-refractivity contribution in [1.82, 2.24) is 4.57 Å². The number of aromatic hydroxyl groups is 1.